The lowest BCUT2D eigenvalue weighted by molar-refractivity contribution is 0.0924. The van der Waals surface area contributed by atoms with E-state index < -0.39 is 0 Å². The second kappa shape index (κ2) is 6.58. The molecule has 27 heavy (non-hydrogen) atoms. The highest BCUT2D eigenvalue weighted by molar-refractivity contribution is 6.06. The molecule has 2 aromatic carbocycles. The number of rotatable bonds is 4. The van der Waals surface area contributed by atoms with E-state index in [4.69, 9.17) is 4.98 Å². The van der Waals surface area contributed by atoms with Crippen LogP contribution in [0.2, 0.25) is 0 Å². The molecule has 5 heteroatoms. The van der Waals surface area contributed by atoms with Gasteiger partial charge in [-0.25, -0.2) is 4.98 Å². The molecule has 5 nitrogen and oxygen atoms in total. The first-order valence-electron chi connectivity index (χ1n) is 9.23. The number of hydrogen-bond donors (Lipinski definition) is 1. The number of carbonyl (C=O) groups is 1. The van der Waals surface area contributed by atoms with Crippen molar-refractivity contribution in [2.24, 2.45) is 20.0 Å². The van der Waals surface area contributed by atoms with Crippen LogP contribution in [0.15, 0.2) is 54.7 Å². The van der Waals surface area contributed by atoms with Gasteiger partial charge in [-0.05, 0) is 36.2 Å². The molecule has 138 valence electrons. The number of amides is 1. The number of imidazole rings is 1. The van der Waals surface area contributed by atoms with Gasteiger partial charge < -0.3 is 14.5 Å². The fourth-order valence-corrected chi connectivity index (χ4v) is 3.69. The number of nitrogens with zero attached hydrogens (tertiary/aromatic N) is 3. The van der Waals surface area contributed by atoms with Crippen molar-refractivity contribution in [1.82, 2.24) is 19.4 Å². The van der Waals surface area contributed by atoms with Crippen LogP contribution < -0.4 is 5.32 Å². The fraction of sp³-hybridized carbons (Fsp3) is 0.273. The third-order valence-electron chi connectivity index (χ3n) is 5.23. The van der Waals surface area contributed by atoms with Crippen molar-refractivity contribution < 1.29 is 4.79 Å². The van der Waals surface area contributed by atoms with Crippen LogP contribution in [0.1, 0.15) is 36.1 Å². The van der Waals surface area contributed by atoms with E-state index in [-0.39, 0.29) is 17.9 Å². The van der Waals surface area contributed by atoms with Gasteiger partial charge in [0.15, 0.2) is 0 Å². The summed E-state index contributed by atoms with van der Waals surface area (Å²) >= 11 is 0. The Morgan fingerprint density at radius 1 is 1.00 bits per heavy atom. The second-order valence-electron chi connectivity index (χ2n) is 7.38. The SMILES string of the molecule is CC(C)[C@H](NC(=O)c1cccc2c1ccn2C)c1nc2ccccc2n1C. The molecule has 0 saturated heterocycles. The lowest BCUT2D eigenvalue weighted by Crippen LogP contribution is -2.33. The number of para-hydroxylation sites is 2. The monoisotopic (exact) mass is 360 g/mol. The third kappa shape index (κ3) is 2.89. The Hall–Kier alpha value is -3.08. The van der Waals surface area contributed by atoms with Crippen molar-refractivity contribution in [2.75, 3.05) is 0 Å². The maximum atomic E-state index is 13.1. The molecule has 2 heterocycles. The van der Waals surface area contributed by atoms with Crippen molar-refractivity contribution in [3.8, 4) is 0 Å². The molecule has 1 atom stereocenters. The molecule has 0 aliphatic carbocycles. The van der Waals surface area contributed by atoms with Crippen molar-refractivity contribution >= 4 is 27.8 Å². The summed E-state index contributed by atoms with van der Waals surface area (Å²) in [6, 6.07) is 15.7. The van der Waals surface area contributed by atoms with E-state index in [2.05, 4.69) is 29.8 Å². The Balaban J connectivity index is 1.72. The highest BCUT2D eigenvalue weighted by Crippen LogP contribution is 2.26. The summed E-state index contributed by atoms with van der Waals surface area (Å²) in [5.74, 6) is 1.01. The number of hydrogen-bond acceptors (Lipinski definition) is 2. The van der Waals surface area contributed by atoms with Gasteiger partial charge in [0.2, 0.25) is 0 Å². The summed E-state index contributed by atoms with van der Waals surface area (Å²) in [5.41, 5.74) is 3.75. The molecule has 0 radical (unpaired) electrons. The van der Waals surface area contributed by atoms with Gasteiger partial charge in [0.25, 0.3) is 5.91 Å². The topological polar surface area (TPSA) is 51.9 Å². The minimum absolute atomic E-state index is 0.0717. The minimum Gasteiger partial charge on any atom is -0.351 e. The highest BCUT2D eigenvalue weighted by Gasteiger charge is 2.25. The van der Waals surface area contributed by atoms with E-state index in [9.17, 15) is 4.79 Å². The minimum atomic E-state index is -0.172. The van der Waals surface area contributed by atoms with Gasteiger partial charge in [0.05, 0.1) is 17.1 Å². The molecule has 4 rings (SSSR count). The zero-order valence-electron chi connectivity index (χ0n) is 16.1. The van der Waals surface area contributed by atoms with Gasteiger partial charge in [-0.3, -0.25) is 4.79 Å². The third-order valence-corrected chi connectivity index (χ3v) is 5.23. The van der Waals surface area contributed by atoms with Gasteiger partial charge in [-0.2, -0.15) is 0 Å². The number of aryl methyl sites for hydroxylation is 2. The Morgan fingerprint density at radius 3 is 2.48 bits per heavy atom. The van der Waals surface area contributed by atoms with Crippen LogP contribution in [0, 0.1) is 5.92 Å². The van der Waals surface area contributed by atoms with Gasteiger partial charge in [0.1, 0.15) is 5.82 Å². The molecular weight excluding hydrogens is 336 g/mol. The first-order chi connectivity index (χ1) is 13.0. The predicted molar refractivity (Wildman–Crippen MR) is 109 cm³/mol. The van der Waals surface area contributed by atoms with Crippen molar-refractivity contribution in [3.63, 3.8) is 0 Å². The lowest BCUT2D eigenvalue weighted by Gasteiger charge is -2.22. The Labute approximate surface area is 158 Å². The fourth-order valence-electron chi connectivity index (χ4n) is 3.69. The van der Waals surface area contributed by atoms with Crippen LogP contribution >= 0.6 is 0 Å². The zero-order chi connectivity index (χ0) is 19.1. The number of aromatic nitrogens is 3. The zero-order valence-corrected chi connectivity index (χ0v) is 16.1. The number of fused-ring (bicyclic) bond motifs is 2. The standard InChI is InChI=1S/C22H24N4O/c1-14(2)20(21-23-17-9-5-6-10-19(17)26(21)4)24-22(27)16-8-7-11-18-15(16)12-13-25(18)3/h5-14,20H,1-4H3,(H,24,27)/t20-/m0/s1. The smallest absolute Gasteiger partial charge is 0.252 e. The number of nitrogens with one attached hydrogen (secondary N) is 1. The summed E-state index contributed by atoms with van der Waals surface area (Å²) in [5, 5.41) is 4.18. The van der Waals surface area contributed by atoms with Gasteiger partial charge in [-0.1, -0.05) is 32.0 Å². The van der Waals surface area contributed by atoms with E-state index in [1.54, 1.807) is 0 Å². The molecule has 2 aromatic heterocycles. The second-order valence-corrected chi connectivity index (χ2v) is 7.38. The largest absolute Gasteiger partial charge is 0.351 e. The number of benzene rings is 2. The van der Waals surface area contributed by atoms with E-state index >= 15 is 0 Å². The summed E-state index contributed by atoms with van der Waals surface area (Å²) < 4.78 is 4.10. The van der Waals surface area contributed by atoms with Crippen molar-refractivity contribution in [2.45, 2.75) is 19.9 Å². The van der Waals surface area contributed by atoms with E-state index in [0.717, 1.165) is 27.8 Å². The predicted octanol–water partition coefficient (Wildman–Crippen LogP) is 4.19. The molecule has 4 aromatic rings. The molecule has 0 bridgehead atoms. The van der Waals surface area contributed by atoms with Crippen LogP contribution in [0.5, 0.6) is 0 Å². The Kier molecular flexibility index (Phi) is 4.22. The van der Waals surface area contributed by atoms with Gasteiger partial charge in [0, 0.05) is 36.8 Å². The average molecular weight is 360 g/mol. The molecule has 0 unspecified atom stereocenters. The summed E-state index contributed by atoms with van der Waals surface area (Å²) in [6.45, 7) is 4.21. The highest BCUT2D eigenvalue weighted by atomic mass is 16.1. The molecule has 0 spiro atoms. The van der Waals surface area contributed by atoms with E-state index in [0.29, 0.717) is 5.56 Å². The van der Waals surface area contributed by atoms with E-state index in [1.165, 1.54) is 0 Å². The molecular formula is C22H24N4O. The summed E-state index contributed by atoms with van der Waals surface area (Å²) in [6.07, 6.45) is 1.98. The van der Waals surface area contributed by atoms with Crippen LogP contribution in [-0.4, -0.2) is 20.0 Å². The van der Waals surface area contributed by atoms with Gasteiger partial charge >= 0.3 is 0 Å². The lowest BCUT2D eigenvalue weighted by atomic mass is 10.0. The molecule has 1 amide bonds. The van der Waals surface area contributed by atoms with Crippen LogP contribution in [-0.2, 0) is 14.1 Å². The van der Waals surface area contributed by atoms with Gasteiger partial charge in [-0.15, -0.1) is 0 Å². The summed E-state index contributed by atoms with van der Waals surface area (Å²) in [7, 11) is 3.99. The number of carbonyl (C=O) groups excluding carboxylic acids is 1. The van der Waals surface area contributed by atoms with E-state index in [1.807, 2.05) is 67.3 Å². The Morgan fingerprint density at radius 2 is 1.74 bits per heavy atom. The molecule has 0 aliphatic heterocycles. The maximum Gasteiger partial charge on any atom is 0.252 e. The molecule has 1 N–H and O–H groups in total. The first kappa shape index (κ1) is 17.3. The maximum absolute atomic E-state index is 13.1. The van der Waals surface area contributed by atoms with Crippen LogP contribution in [0.4, 0.5) is 0 Å². The Bertz CT molecular complexity index is 1140. The molecule has 0 fully saturated rings. The molecule has 0 saturated carbocycles. The van der Waals surface area contributed by atoms with Crippen LogP contribution in [0.3, 0.4) is 0 Å². The molecule has 0 aliphatic rings. The quantitative estimate of drug-likeness (QED) is 0.593. The normalized spacial score (nSPS) is 12.8. The van der Waals surface area contributed by atoms with Crippen molar-refractivity contribution in [3.05, 3.63) is 66.1 Å². The van der Waals surface area contributed by atoms with Crippen molar-refractivity contribution in [1.29, 1.82) is 0 Å². The van der Waals surface area contributed by atoms with Crippen LogP contribution in [0.25, 0.3) is 21.9 Å². The average Bonchev–Trinajstić information content (AvgIpc) is 3.20. The summed E-state index contributed by atoms with van der Waals surface area (Å²) in [4.78, 5) is 17.9. The first-order valence-corrected chi connectivity index (χ1v) is 9.23.